The van der Waals surface area contributed by atoms with E-state index in [0.29, 0.717) is 11.8 Å². The van der Waals surface area contributed by atoms with Gasteiger partial charge in [0.1, 0.15) is 0 Å². The Balaban J connectivity index is 2.77. The average molecular weight is 247 g/mol. The number of carbonyl (C=O) groups is 1. The lowest BCUT2D eigenvalue weighted by molar-refractivity contribution is -0.118. The molecule has 0 N–H and O–H groups in total. The molecule has 1 rings (SSSR count). The van der Waals surface area contributed by atoms with Crippen molar-refractivity contribution in [2.45, 2.75) is 47.0 Å². The van der Waals surface area contributed by atoms with Gasteiger partial charge in [-0.15, -0.1) is 0 Å². The second-order valence-electron chi connectivity index (χ2n) is 5.67. The molecule has 0 aromatic heterocycles. The first-order chi connectivity index (χ1) is 8.39. The molecule has 1 aromatic carbocycles. The third-order valence-electron chi connectivity index (χ3n) is 3.64. The summed E-state index contributed by atoms with van der Waals surface area (Å²) >= 11 is 0. The van der Waals surface area contributed by atoms with Crippen LogP contribution in [0, 0.1) is 5.41 Å². The van der Waals surface area contributed by atoms with Crippen molar-refractivity contribution in [3.05, 3.63) is 29.8 Å². The number of carbonyl (C=O) groups excluding carboxylic acids is 1. The Morgan fingerprint density at radius 3 is 2.17 bits per heavy atom. The Kier molecular flexibility index (Phi) is 4.94. The zero-order valence-corrected chi connectivity index (χ0v) is 12.3. The van der Waals surface area contributed by atoms with Crippen molar-refractivity contribution >= 4 is 11.6 Å². The molecule has 1 aromatic rings. The quantitative estimate of drug-likeness (QED) is 0.769. The summed E-state index contributed by atoms with van der Waals surface area (Å²) in [5.74, 6) is 0.150. The molecule has 0 radical (unpaired) electrons. The predicted molar refractivity (Wildman–Crippen MR) is 77.9 cm³/mol. The van der Waals surface area contributed by atoms with Gasteiger partial charge >= 0.3 is 0 Å². The standard InChI is InChI=1S/C16H25NO/c1-6-15(18)17(5)14-10-8-13(9-11-14)12-16(3,4)7-2/h8-11H,6-7,12H2,1-5H3. The SMILES string of the molecule is CCC(=O)N(C)c1ccc(CC(C)(C)CC)cc1. The Morgan fingerprint density at radius 2 is 1.72 bits per heavy atom. The number of benzene rings is 1. The minimum Gasteiger partial charge on any atom is -0.316 e. The highest BCUT2D eigenvalue weighted by molar-refractivity contribution is 5.92. The molecule has 0 aliphatic heterocycles. The number of anilines is 1. The third kappa shape index (κ3) is 3.86. The van der Waals surface area contributed by atoms with Crippen molar-refractivity contribution in [3.8, 4) is 0 Å². The van der Waals surface area contributed by atoms with E-state index in [1.54, 1.807) is 4.90 Å². The summed E-state index contributed by atoms with van der Waals surface area (Å²) in [7, 11) is 1.83. The van der Waals surface area contributed by atoms with Crippen LogP contribution < -0.4 is 4.90 Å². The maximum Gasteiger partial charge on any atom is 0.226 e. The van der Waals surface area contributed by atoms with Crippen molar-refractivity contribution in [3.63, 3.8) is 0 Å². The molecule has 0 saturated carbocycles. The molecule has 0 aliphatic rings. The maximum absolute atomic E-state index is 11.6. The van der Waals surface area contributed by atoms with Crippen molar-refractivity contribution in [2.24, 2.45) is 5.41 Å². The van der Waals surface area contributed by atoms with Gasteiger partial charge in [0.05, 0.1) is 0 Å². The van der Waals surface area contributed by atoms with Crippen molar-refractivity contribution in [2.75, 3.05) is 11.9 Å². The third-order valence-corrected chi connectivity index (χ3v) is 3.64. The molecule has 0 spiro atoms. The Morgan fingerprint density at radius 1 is 1.17 bits per heavy atom. The van der Waals surface area contributed by atoms with Gasteiger partial charge in [0, 0.05) is 19.2 Å². The maximum atomic E-state index is 11.6. The lowest BCUT2D eigenvalue weighted by Gasteiger charge is -2.23. The molecule has 2 heteroatoms. The van der Waals surface area contributed by atoms with Crippen LogP contribution in [-0.4, -0.2) is 13.0 Å². The fourth-order valence-corrected chi connectivity index (χ4v) is 1.90. The van der Waals surface area contributed by atoms with Gasteiger partial charge in [-0.05, 0) is 29.5 Å². The molecule has 0 aliphatic carbocycles. The van der Waals surface area contributed by atoms with Crippen molar-refractivity contribution in [1.82, 2.24) is 0 Å². The number of nitrogens with zero attached hydrogens (tertiary/aromatic N) is 1. The van der Waals surface area contributed by atoms with Gasteiger partial charge in [-0.25, -0.2) is 0 Å². The summed E-state index contributed by atoms with van der Waals surface area (Å²) in [4.78, 5) is 13.3. The monoisotopic (exact) mass is 247 g/mol. The number of amides is 1. The fourth-order valence-electron chi connectivity index (χ4n) is 1.90. The predicted octanol–water partition coefficient (Wildman–Crippen LogP) is 4.04. The second kappa shape index (κ2) is 6.03. The van der Waals surface area contributed by atoms with E-state index in [-0.39, 0.29) is 5.91 Å². The molecule has 1 amide bonds. The molecule has 0 unspecified atom stereocenters. The smallest absolute Gasteiger partial charge is 0.226 e. The van der Waals surface area contributed by atoms with Crippen LogP contribution in [0.5, 0.6) is 0 Å². The van der Waals surface area contributed by atoms with Crippen LogP contribution in [0.3, 0.4) is 0 Å². The molecule has 2 nitrogen and oxygen atoms in total. The van der Waals surface area contributed by atoms with E-state index in [4.69, 9.17) is 0 Å². The van der Waals surface area contributed by atoms with E-state index in [0.717, 1.165) is 12.1 Å². The first-order valence-corrected chi connectivity index (χ1v) is 6.75. The lowest BCUT2D eigenvalue weighted by atomic mass is 9.83. The van der Waals surface area contributed by atoms with Crippen LogP contribution in [0.4, 0.5) is 5.69 Å². The van der Waals surface area contributed by atoms with Crippen molar-refractivity contribution in [1.29, 1.82) is 0 Å². The first kappa shape index (κ1) is 14.7. The minimum atomic E-state index is 0.150. The number of hydrogen-bond donors (Lipinski definition) is 0. The molecule has 0 saturated heterocycles. The second-order valence-corrected chi connectivity index (χ2v) is 5.67. The summed E-state index contributed by atoms with van der Waals surface area (Å²) < 4.78 is 0. The highest BCUT2D eigenvalue weighted by atomic mass is 16.2. The Bertz CT molecular complexity index is 392. The fraction of sp³-hybridized carbons (Fsp3) is 0.562. The molecule has 0 bridgehead atoms. The lowest BCUT2D eigenvalue weighted by Crippen LogP contribution is -2.25. The van der Waals surface area contributed by atoms with E-state index >= 15 is 0 Å². The van der Waals surface area contributed by atoms with E-state index in [9.17, 15) is 4.79 Å². The van der Waals surface area contributed by atoms with E-state index in [1.165, 1.54) is 12.0 Å². The van der Waals surface area contributed by atoms with E-state index < -0.39 is 0 Å². The number of hydrogen-bond acceptors (Lipinski definition) is 1. The first-order valence-electron chi connectivity index (χ1n) is 6.75. The van der Waals surface area contributed by atoms with Crippen molar-refractivity contribution < 1.29 is 4.79 Å². The van der Waals surface area contributed by atoms with Gasteiger partial charge in [0.25, 0.3) is 0 Å². The molecular formula is C16H25NO. The molecule has 0 atom stereocenters. The van der Waals surface area contributed by atoms with Gasteiger partial charge in [-0.2, -0.15) is 0 Å². The molecule has 0 heterocycles. The van der Waals surface area contributed by atoms with E-state index in [2.05, 4.69) is 32.9 Å². The van der Waals surface area contributed by atoms with Gasteiger partial charge < -0.3 is 4.90 Å². The van der Waals surface area contributed by atoms with Crippen LogP contribution in [0.15, 0.2) is 24.3 Å². The summed E-state index contributed by atoms with van der Waals surface area (Å²) in [5, 5.41) is 0. The minimum absolute atomic E-state index is 0.150. The van der Waals surface area contributed by atoms with Crippen LogP contribution in [0.1, 0.15) is 46.1 Å². The van der Waals surface area contributed by atoms with Gasteiger partial charge in [-0.1, -0.05) is 46.2 Å². The average Bonchev–Trinajstić information content (AvgIpc) is 2.37. The van der Waals surface area contributed by atoms with Gasteiger partial charge in [0.2, 0.25) is 5.91 Å². The zero-order valence-electron chi connectivity index (χ0n) is 12.3. The van der Waals surface area contributed by atoms with Crippen LogP contribution in [-0.2, 0) is 11.2 Å². The van der Waals surface area contributed by atoms with Crippen LogP contribution in [0.25, 0.3) is 0 Å². The molecular weight excluding hydrogens is 222 g/mol. The Labute approximate surface area is 111 Å². The largest absolute Gasteiger partial charge is 0.316 e. The highest BCUT2D eigenvalue weighted by Gasteiger charge is 2.16. The molecule has 100 valence electrons. The molecule has 18 heavy (non-hydrogen) atoms. The van der Waals surface area contributed by atoms with Gasteiger partial charge in [0.15, 0.2) is 0 Å². The number of rotatable bonds is 5. The summed E-state index contributed by atoms with van der Waals surface area (Å²) in [6, 6.07) is 8.33. The van der Waals surface area contributed by atoms with Crippen LogP contribution >= 0.6 is 0 Å². The van der Waals surface area contributed by atoms with E-state index in [1.807, 2.05) is 26.1 Å². The summed E-state index contributed by atoms with van der Waals surface area (Å²) in [6.45, 7) is 8.68. The van der Waals surface area contributed by atoms with Gasteiger partial charge in [-0.3, -0.25) is 4.79 Å². The highest BCUT2D eigenvalue weighted by Crippen LogP contribution is 2.26. The summed E-state index contributed by atoms with van der Waals surface area (Å²) in [5.41, 5.74) is 2.65. The normalized spacial score (nSPS) is 11.4. The molecule has 0 fully saturated rings. The Hall–Kier alpha value is -1.31. The topological polar surface area (TPSA) is 20.3 Å². The van der Waals surface area contributed by atoms with Crippen LogP contribution in [0.2, 0.25) is 0 Å². The zero-order chi connectivity index (χ0) is 13.8. The summed E-state index contributed by atoms with van der Waals surface area (Å²) in [6.07, 6.45) is 2.79.